The van der Waals surface area contributed by atoms with E-state index in [4.69, 9.17) is 4.74 Å². The SMILES string of the molecule is COc1ccc(C(C)NCC(=O)NC(=O)NC2CCCCC2)cc1Br. The molecule has 3 amide bonds. The summed E-state index contributed by atoms with van der Waals surface area (Å²) in [5.41, 5.74) is 1.02. The monoisotopic (exact) mass is 411 g/mol. The summed E-state index contributed by atoms with van der Waals surface area (Å²) in [5.74, 6) is 0.417. The van der Waals surface area contributed by atoms with Crippen LogP contribution in [-0.2, 0) is 4.79 Å². The molecule has 0 aromatic heterocycles. The summed E-state index contributed by atoms with van der Waals surface area (Å²) in [6, 6.07) is 5.51. The number of amides is 3. The van der Waals surface area contributed by atoms with Crippen molar-refractivity contribution < 1.29 is 14.3 Å². The predicted octanol–water partition coefficient (Wildman–Crippen LogP) is 3.27. The van der Waals surface area contributed by atoms with Gasteiger partial charge in [-0.25, -0.2) is 4.79 Å². The Labute approximate surface area is 157 Å². The van der Waals surface area contributed by atoms with Crippen molar-refractivity contribution in [3.8, 4) is 5.75 Å². The second-order valence-electron chi connectivity index (χ2n) is 6.35. The van der Waals surface area contributed by atoms with Gasteiger partial charge in [0.15, 0.2) is 0 Å². The topological polar surface area (TPSA) is 79.5 Å². The van der Waals surface area contributed by atoms with E-state index in [1.807, 2.05) is 25.1 Å². The standard InChI is InChI=1S/C18H26BrN3O3/c1-12(13-8-9-16(25-2)15(19)10-13)20-11-17(23)22-18(24)21-14-6-4-3-5-7-14/h8-10,12,14,20H,3-7,11H2,1-2H3,(H2,21,22,23,24). The molecule has 3 N–H and O–H groups in total. The maximum Gasteiger partial charge on any atom is 0.321 e. The first-order chi connectivity index (χ1) is 12.0. The van der Waals surface area contributed by atoms with Crippen LogP contribution in [0, 0.1) is 0 Å². The number of methoxy groups -OCH3 is 1. The van der Waals surface area contributed by atoms with Gasteiger partial charge in [-0.15, -0.1) is 0 Å². The summed E-state index contributed by atoms with van der Waals surface area (Å²) in [5, 5.41) is 8.37. The molecule has 1 unspecified atom stereocenters. The Morgan fingerprint density at radius 2 is 2.00 bits per heavy atom. The highest BCUT2D eigenvalue weighted by atomic mass is 79.9. The Balaban J connectivity index is 1.74. The van der Waals surface area contributed by atoms with Gasteiger partial charge in [0.1, 0.15) is 5.75 Å². The third-order valence-corrected chi connectivity index (χ3v) is 5.06. The van der Waals surface area contributed by atoms with E-state index in [9.17, 15) is 9.59 Å². The van der Waals surface area contributed by atoms with Crippen LogP contribution in [0.3, 0.4) is 0 Å². The van der Waals surface area contributed by atoms with E-state index in [2.05, 4.69) is 31.9 Å². The highest BCUT2D eigenvalue weighted by molar-refractivity contribution is 9.10. The largest absolute Gasteiger partial charge is 0.496 e. The zero-order valence-corrected chi connectivity index (χ0v) is 16.3. The normalized spacial score (nSPS) is 16.1. The molecule has 138 valence electrons. The second-order valence-corrected chi connectivity index (χ2v) is 7.21. The van der Waals surface area contributed by atoms with Gasteiger partial charge in [-0.2, -0.15) is 0 Å². The maximum absolute atomic E-state index is 11.9. The molecule has 7 heteroatoms. The first kappa shape index (κ1) is 19.7. The Morgan fingerprint density at radius 1 is 1.28 bits per heavy atom. The summed E-state index contributed by atoms with van der Waals surface area (Å²) in [7, 11) is 1.62. The van der Waals surface area contributed by atoms with Crippen LogP contribution in [0.5, 0.6) is 5.75 Å². The molecular formula is C18H26BrN3O3. The number of halogens is 1. The predicted molar refractivity (Wildman–Crippen MR) is 101 cm³/mol. The highest BCUT2D eigenvalue weighted by Gasteiger charge is 2.17. The van der Waals surface area contributed by atoms with Crippen LogP contribution in [-0.4, -0.2) is 31.6 Å². The lowest BCUT2D eigenvalue weighted by Gasteiger charge is -2.22. The molecule has 0 saturated heterocycles. The van der Waals surface area contributed by atoms with Crippen LogP contribution in [0.1, 0.15) is 50.6 Å². The first-order valence-electron chi connectivity index (χ1n) is 8.66. The molecular weight excluding hydrogens is 386 g/mol. The third-order valence-electron chi connectivity index (χ3n) is 4.44. The number of carbonyl (C=O) groups excluding carboxylic acids is 2. The molecule has 0 aliphatic heterocycles. The molecule has 0 heterocycles. The van der Waals surface area contributed by atoms with Crippen LogP contribution in [0.15, 0.2) is 22.7 Å². The summed E-state index contributed by atoms with van der Waals surface area (Å²) in [6.45, 7) is 2.03. The number of hydrogen-bond acceptors (Lipinski definition) is 4. The van der Waals surface area contributed by atoms with E-state index in [0.717, 1.165) is 41.5 Å². The average Bonchev–Trinajstić information content (AvgIpc) is 2.60. The van der Waals surface area contributed by atoms with E-state index in [1.54, 1.807) is 7.11 Å². The van der Waals surface area contributed by atoms with Crippen LogP contribution in [0.4, 0.5) is 4.79 Å². The molecule has 1 aromatic rings. The average molecular weight is 412 g/mol. The van der Waals surface area contributed by atoms with Gasteiger partial charge < -0.3 is 15.4 Å². The molecule has 1 aliphatic rings. The van der Waals surface area contributed by atoms with Crippen molar-refractivity contribution in [1.82, 2.24) is 16.0 Å². The first-order valence-corrected chi connectivity index (χ1v) is 9.46. The number of carbonyl (C=O) groups is 2. The number of imide groups is 1. The number of nitrogens with one attached hydrogen (secondary N) is 3. The highest BCUT2D eigenvalue weighted by Crippen LogP contribution is 2.27. The Hall–Kier alpha value is -1.60. The van der Waals surface area contributed by atoms with Gasteiger partial charge in [0, 0.05) is 12.1 Å². The minimum absolute atomic E-state index is 0.0330. The van der Waals surface area contributed by atoms with Gasteiger partial charge in [0.25, 0.3) is 0 Å². The molecule has 2 rings (SSSR count). The van der Waals surface area contributed by atoms with Crippen molar-refractivity contribution in [1.29, 1.82) is 0 Å². The molecule has 1 aliphatic carbocycles. The quantitative estimate of drug-likeness (QED) is 0.670. The van der Waals surface area contributed by atoms with Crippen molar-refractivity contribution in [3.05, 3.63) is 28.2 Å². The minimum atomic E-state index is -0.404. The lowest BCUT2D eigenvalue weighted by Crippen LogP contribution is -2.47. The van der Waals surface area contributed by atoms with Crippen LogP contribution in [0.2, 0.25) is 0 Å². The molecule has 1 saturated carbocycles. The lowest BCUT2D eigenvalue weighted by molar-refractivity contribution is -0.119. The molecule has 1 atom stereocenters. The number of hydrogen-bond donors (Lipinski definition) is 3. The Bertz CT molecular complexity index is 603. The van der Waals surface area contributed by atoms with Crippen molar-refractivity contribution in [2.24, 2.45) is 0 Å². The number of rotatable bonds is 6. The lowest BCUT2D eigenvalue weighted by atomic mass is 9.96. The molecule has 0 spiro atoms. The fraction of sp³-hybridized carbons (Fsp3) is 0.556. The van der Waals surface area contributed by atoms with E-state index >= 15 is 0 Å². The van der Waals surface area contributed by atoms with Gasteiger partial charge in [0.05, 0.1) is 18.1 Å². The molecule has 0 radical (unpaired) electrons. The van der Waals surface area contributed by atoms with E-state index < -0.39 is 6.03 Å². The van der Waals surface area contributed by atoms with Crippen LogP contribution in [0.25, 0.3) is 0 Å². The number of benzene rings is 1. The molecule has 1 fully saturated rings. The molecule has 6 nitrogen and oxygen atoms in total. The summed E-state index contributed by atoms with van der Waals surface area (Å²) in [4.78, 5) is 23.8. The molecule has 0 bridgehead atoms. The van der Waals surface area contributed by atoms with Crippen LogP contribution >= 0.6 is 15.9 Å². The van der Waals surface area contributed by atoms with Crippen molar-refractivity contribution >= 4 is 27.9 Å². The van der Waals surface area contributed by atoms with Crippen molar-refractivity contribution in [3.63, 3.8) is 0 Å². The number of ether oxygens (including phenoxy) is 1. The summed E-state index contributed by atoms with van der Waals surface area (Å²) < 4.78 is 6.07. The Kier molecular flexibility index (Phi) is 7.71. The van der Waals surface area contributed by atoms with E-state index in [0.29, 0.717) is 0 Å². The fourth-order valence-electron chi connectivity index (χ4n) is 2.95. The fourth-order valence-corrected chi connectivity index (χ4v) is 3.51. The summed E-state index contributed by atoms with van der Waals surface area (Å²) >= 11 is 3.45. The minimum Gasteiger partial charge on any atom is -0.496 e. The van der Waals surface area contributed by atoms with Gasteiger partial charge in [-0.1, -0.05) is 25.3 Å². The Morgan fingerprint density at radius 3 is 2.64 bits per heavy atom. The van der Waals surface area contributed by atoms with Crippen LogP contribution < -0.4 is 20.7 Å². The zero-order valence-electron chi connectivity index (χ0n) is 14.7. The van der Waals surface area contributed by atoms with Gasteiger partial charge in [0.2, 0.25) is 5.91 Å². The van der Waals surface area contributed by atoms with E-state index in [-0.39, 0.29) is 24.5 Å². The second kappa shape index (κ2) is 9.77. The van der Waals surface area contributed by atoms with Crippen molar-refractivity contribution in [2.45, 2.75) is 51.1 Å². The van der Waals surface area contributed by atoms with Gasteiger partial charge >= 0.3 is 6.03 Å². The third kappa shape index (κ3) is 6.32. The van der Waals surface area contributed by atoms with Gasteiger partial charge in [-0.3, -0.25) is 10.1 Å². The zero-order chi connectivity index (χ0) is 18.2. The molecule has 25 heavy (non-hydrogen) atoms. The van der Waals surface area contributed by atoms with E-state index in [1.165, 1.54) is 6.42 Å². The summed E-state index contributed by atoms with van der Waals surface area (Å²) in [6.07, 6.45) is 5.47. The molecule has 1 aromatic carbocycles. The smallest absolute Gasteiger partial charge is 0.321 e. The van der Waals surface area contributed by atoms with Gasteiger partial charge in [-0.05, 0) is 53.4 Å². The van der Waals surface area contributed by atoms with Crippen molar-refractivity contribution in [2.75, 3.05) is 13.7 Å². The maximum atomic E-state index is 11.9. The number of urea groups is 1.